The summed E-state index contributed by atoms with van der Waals surface area (Å²) >= 11 is 5.98. The minimum absolute atomic E-state index is 0.0910. The van der Waals surface area contributed by atoms with Gasteiger partial charge < -0.3 is 5.73 Å². The lowest BCUT2D eigenvalue weighted by Gasteiger charge is -2.07. The summed E-state index contributed by atoms with van der Waals surface area (Å²) in [7, 11) is 0. The molecule has 2 aromatic heterocycles. The van der Waals surface area contributed by atoms with E-state index >= 15 is 0 Å². The van der Waals surface area contributed by atoms with Gasteiger partial charge in [-0.25, -0.2) is 9.97 Å². The zero-order valence-corrected chi connectivity index (χ0v) is 9.61. The van der Waals surface area contributed by atoms with Crippen LogP contribution in [0.25, 0.3) is 5.78 Å². The van der Waals surface area contributed by atoms with E-state index in [2.05, 4.69) is 9.97 Å². The fourth-order valence-corrected chi connectivity index (χ4v) is 1.99. The molecule has 2 heterocycles. The molecular weight excluding hydrogens is 224 g/mol. The van der Waals surface area contributed by atoms with E-state index in [0.29, 0.717) is 10.9 Å². The molecule has 0 bridgehead atoms. The van der Waals surface area contributed by atoms with Gasteiger partial charge in [0.2, 0.25) is 5.78 Å². The lowest BCUT2D eigenvalue weighted by atomic mass is 10.1. The Morgan fingerprint density at radius 3 is 2.88 bits per heavy atom. The Bertz CT molecular complexity index is 530. The first-order chi connectivity index (χ1) is 7.66. The first kappa shape index (κ1) is 10.1. The Morgan fingerprint density at radius 1 is 1.38 bits per heavy atom. The van der Waals surface area contributed by atoms with Gasteiger partial charge >= 0.3 is 0 Å². The standard InChI is InChI=1S/C11H13ClN4/c12-9-6-15-10-14-5-8(7-16(9)10)1-2-11(13)3-4-11/h5-7H,1-4,13H2. The summed E-state index contributed by atoms with van der Waals surface area (Å²) in [5.74, 6) is 0.641. The number of hydrogen-bond acceptors (Lipinski definition) is 3. The number of fused-ring (bicyclic) bond motifs is 1. The summed E-state index contributed by atoms with van der Waals surface area (Å²) in [6.45, 7) is 0. The number of rotatable bonds is 3. The van der Waals surface area contributed by atoms with Crippen molar-refractivity contribution in [3.63, 3.8) is 0 Å². The van der Waals surface area contributed by atoms with Gasteiger partial charge in [0.25, 0.3) is 0 Å². The summed E-state index contributed by atoms with van der Waals surface area (Å²) in [5, 5.41) is 0.596. The highest BCUT2D eigenvalue weighted by Gasteiger charge is 2.37. The molecule has 0 aliphatic heterocycles. The molecule has 0 unspecified atom stereocenters. The summed E-state index contributed by atoms with van der Waals surface area (Å²) in [6, 6.07) is 0. The van der Waals surface area contributed by atoms with Gasteiger partial charge in [0, 0.05) is 17.9 Å². The van der Waals surface area contributed by atoms with Crippen molar-refractivity contribution in [2.75, 3.05) is 0 Å². The first-order valence-electron chi connectivity index (χ1n) is 5.43. The van der Waals surface area contributed by atoms with Crippen LogP contribution in [0.15, 0.2) is 18.6 Å². The van der Waals surface area contributed by atoms with Gasteiger partial charge in [0.05, 0.1) is 6.20 Å². The number of halogens is 1. The molecule has 2 aromatic rings. The number of aromatic nitrogens is 3. The first-order valence-corrected chi connectivity index (χ1v) is 5.80. The summed E-state index contributed by atoms with van der Waals surface area (Å²) in [6.07, 6.45) is 9.72. The van der Waals surface area contributed by atoms with Crippen LogP contribution in [0, 0.1) is 0 Å². The second-order valence-corrected chi connectivity index (χ2v) is 4.96. The van der Waals surface area contributed by atoms with Crippen LogP contribution in [0.1, 0.15) is 24.8 Å². The molecule has 5 heteroatoms. The SMILES string of the molecule is NC1(CCc2cnc3ncc(Cl)n3c2)CC1. The van der Waals surface area contributed by atoms with E-state index in [-0.39, 0.29) is 5.54 Å². The molecule has 16 heavy (non-hydrogen) atoms. The Morgan fingerprint density at radius 2 is 2.12 bits per heavy atom. The zero-order chi connectivity index (χ0) is 11.2. The minimum atomic E-state index is 0.0910. The monoisotopic (exact) mass is 236 g/mol. The minimum Gasteiger partial charge on any atom is -0.325 e. The van der Waals surface area contributed by atoms with Gasteiger partial charge in [-0.1, -0.05) is 11.6 Å². The maximum Gasteiger partial charge on any atom is 0.234 e. The van der Waals surface area contributed by atoms with E-state index < -0.39 is 0 Å². The van der Waals surface area contributed by atoms with E-state index in [1.807, 2.05) is 12.4 Å². The van der Waals surface area contributed by atoms with Gasteiger partial charge in [-0.05, 0) is 31.2 Å². The van der Waals surface area contributed by atoms with Crippen molar-refractivity contribution in [3.05, 3.63) is 29.3 Å². The number of aryl methyl sites for hydroxylation is 1. The molecule has 0 saturated heterocycles. The smallest absolute Gasteiger partial charge is 0.234 e. The van der Waals surface area contributed by atoms with Gasteiger partial charge in [-0.15, -0.1) is 0 Å². The molecular formula is C11H13ClN4. The predicted octanol–water partition coefficient (Wildman–Crippen LogP) is 1.81. The normalized spacial score (nSPS) is 17.9. The fourth-order valence-electron chi connectivity index (χ4n) is 1.82. The lowest BCUT2D eigenvalue weighted by Crippen LogP contribution is -2.22. The molecule has 0 spiro atoms. The van der Waals surface area contributed by atoms with Gasteiger partial charge in [0.15, 0.2) is 0 Å². The van der Waals surface area contributed by atoms with Crippen molar-refractivity contribution in [2.24, 2.45) is 5.73 Å². The molecule has 2 N–H and O–H groups in total. The Balaban J connectivity index is 1.83. The van der Waals surface area contributed by atoms with Crippen LogP contribution in [0.4, 0.5) is 0 Å². The second-order valence-electron chi connectivity index (χ2n) is 4.58. The van der Waals surface area contributed by atoms with Crippen molar-refractivity contribution >= 4 is 17.4 Å². The fraction of sp³-hybridized carbons (Fsp3) is 0.455. The average molecular weight is 237 g/mol. The molecule has 84 valence electrons. The number of imidazole rings is 1. The van der Waals surface area contributed by atoms with Gasteiger partial charge in [-0.3, -0.25) is 4.40 Å². The highest BCUT2D eigenvalue weighted by atomic mass is 35.5. The van der Waals surface area contributed by atoms with Crippen LogP contribution in [0.5, 0.6) is 0 Å². The van der Waals surface area contributed by atoms with Gasteiger partial charge in [0.1, 0.15) is 5.15 Å². The molecule has 1 aliphatic rings. The quantitative estimate of drug-likeness (QED) is 0.884. The van der Waals surface area contributed by atoms with Crippen molar-refractivity contribution in [1.29, 1.82) is 0 Å². The average Bonchev–Trinajstić information content (AvgIpc) is 2.92. The van der Waals surface area contributed by atoms with Crippen LogP contribution in [0.3, 0.4) is 0 Å². The molecule has 0 aromatic carbocycles. The Hall–Kier alpha value is -1.13. The Kier molecular flexibility index (Phi) is 2.16. The Labute approximate surface area is 98.5 Å². The van der Waals surface area contributed by atoms with Crippen molar-refractivity contribution < 1.29 is 0 Å². The molecule has 3 rings (SSSR count). The maximum absolute atomic E-state index is 6.05. The topological polar surface area (TPSA) is 56.2 Å². The third-order valence-electron chi connectivity index (χ3n) is 3.18. The molecule has 1 saturated carbocycles. The highest BCUT2D eigenvalue weighted by Crippen LogP contribution is 2.36. The van der Waals surface area contributed by atoms with E-state index in [0.717, 1.165) is 31.2 Å². The number of nitrogens with zero attached hydrogens (tertiary/aromatic N) is 3. The molecule has 1 fully saturated rings. The third kappa shape index (κ3) is 1.79. The third-order valence-corrected chi connectivity index (χ3v) is 3.46. The molecule has 0 amide bonds. The number of hydrogen-bond donors (Lipinski definition) is 1. The molecule has 4 nitrogen and oxygen atoms in total. The number of nitrogens with two attached hydrogens (primary N) is 1. The van der Waals surface area contributed by atoms with Crippen molar-refractivity contribution in [3.8, 4) is 0 Å². The zero-order valence-electron chi connectivity index (χ0n) is 8.86. The van der Waals surface area contributed by atoms with Crippen LogP contribution in [-0.2, 0) is 6.42 Å². The van der Waals surface area contributed by atoms with Crippen LogP contribution in [-0.4, -0.2) is 19.9 Å². The summed E-state index contributed by atoms with van der Waals surface area (Å²) in [5.41, 5.74) is 7.30. The van der Waals surface area contributed by atoms with Crippen LogP contribution < -0.4 is 5.73 Å². The van der Waals surface area contributed by atoms with E-state index in [9.17, 15) is 0 Å². The van der Waals surface area contributed by atoms with E-state index in [1.54, 1.807) is 10.6 Å². The second kappa shape index (κ2) is 3.43. The summed E-state index contributed by atoms with van der Waals surface area (Å²) < 4.78 is 1.80. The van der Waals surface area contributed by atoms with Crippen LogP contribution in [0.2, 0.25) is 5.15 Å². The van der Waals surface area contributed by atoms with Crippen LogP contribution >= 0.6 is 11.6 Å². The van der Waals surface area contributed by atoms with Crippen molar-refractivity contribution in [1.82, 2.24) is 14.4 Å². The van der Waals surface area contributed by atoms with Gasteiger partial charge in [-0.2, -0.15) is 0 Å². The molecule has 1 aliphatic carbocycles. The maximum atomic E-state index is 6.05. The highest BCUT2D eigenvalue weighted by molar-refractivity contribution is 6.29. The molecule has 0 radical (unpaired) electrons. The summed E-state index contributed by atoms with van der Waals surface area (Å²) in [4.78, 5) is 8.33. The predicted molar refractivity (Wildman–Crippen MR) is 62.5 cm³/mol. The largest absolute Gasteiger partial charge is 0.325 e. The molecule has 0 atom stereocenters. The van der Waals surface area contributed by atoms with E-state index in [4.69, 9.17) is 17.3 Å². The van der Waals surface area contributed by atoms with E-state index in [1.165, 1.54) is 0 Å². The van der Waals surface area contributed by atoms with Crippen molar-refractivity contribution in [2.45, 2.75) is 31.2 Å². The lowest BCUT2D eigenvalue weighted by molar-refractivity contribution is 0.607.